The number of hydrogen-bond donors (Lipinski definition) is 0. The van der Waals surface area contributed by atoms with E-state index in [9.17, 15) is 13.6 Å². The van der Waals surface area contributed by atoms with Crippen molar-refractivity contribution in [3.8, 4) is 0 Å². The quantitative estimate of drug-likeness (QED) is 0.788. The second-order valence-corrected chi connectivity index (χ2v) is 5.89. The Balaban J connectivity index is 2.19. The summed E-state index contributed by atoms with van der Waals surface area (Å²) < 4.78 is 26.6. The summed E-state index contributed by atoms with van der Waals surface area (Å²) in [6.45, 7) is 6.90. The molecule has 0 aliphatic carbocycles. The first-order valence-corrected chi connectivity index (χ1v) is 7.15. The fourth-order valence-corrected chi connectivity index (χ4v) is 2.93. The Morgan fingerprint density at radius 2 is 2.00 bits per heavy atom. The van der Waals surface area contributed by atoms with Crippen LogP contribution in [-0.4, -0.2) is 29.3 Å². The Morgan fingerprint density at radius 3 is 2.65 bits per heavy atom. The van der Waals surface area contributed by atoms with E-state index in [0.29, 0.717) is 12.0 Å². The monoisotopic (exact) mass is 281 g/mol. The van der Waals surface area contributed by atoms with Gasteiger partial charge in [0.2, 0.25) is 0 Å². The molecular formula is C16H21F2NO. The summed E-state index contributed by atoms with van der Waals surface area (Å²) in [7, 11) is 0. The van der Waals surface area contributed by atoms with E-state index in [4.69, 9.17) is 0 Å². The van der Waals surface area contributed by atoms with Gasteiger partial charge < -0.3 is 0 Å². The van der Waals surface area contributed by atoms with Crippen LogP contribution in [-0.2, 0) is 0 Å². The highest BCUT2D eigenvalue weighted by Crippen LogP contribution is 2.25. The van der Waals surface area contributed by atoms with Crippen molar-refractivity contribution in [3.05, 3.63) is 35.4 Å². The number of hydrogen-bond acceptors (Lipinski definition) is 2. The molecule has 110 valence electrons. The minimum Gasteiger partial charge on any atom is -0.292 e. The Kier molecular flexibility index (Phi) is 4.53. The van der Waals surface area contributed by atoms with Crippen LogP contribution in [0.3, 0.4) is 0 Å². The summed E-state index contributed by atoms with van der Waals surface area (Å²) in [4.78, 5) is 14.5. The van der Waals surface area contributed by atoms with Crippen LogP contribution in [0.25, 0.3) is 0 Å². The van der Waals surface area contributed by atoms with Crippen LogP contribution in [0.4, 0.5) is 8.78 Å². The second-order valence-electron chi connectivity index (χ2n) is 5.89. The van der Waals surface area contributed by atoms with Crippen molar-refractivity contribution in [1.29, 1.82) is 0 Å². The van der Waals surface area contributed by atoms with E-state index >= 15 is 0 Å². The number of carbonyl (C=O) groups is 1. The minimum atomic E-state index is -0.778. The number of Topliss-reactive ketones (excluding diaryl/α,β-unsaturated/α-hetero) is 1. The fourth-order valence-electron chi connectivity index (χ4n) is 2.93. The van der Waals surface area contributed by atoms with Gasteiger partial charge in [-0.15, -0.1) is 0 Å². The minimum absolute atomic E-state index is 0.0238. The molecule has 0 aromatic heterocycles. The molecule has 0 radical (unpaired) electrons. The van der Waals surface area contributed by atoms with E-state index in [2.05, 4.69) is 18.7 Å². The van der Waals surface area contributed by atoms with Gasteiger partial charge in [-0.2, -0.15) is 0 Å². The van der Waals surface area contributed by atoms with E-state index in [-0.39, 0.29) is 17.4 Å². The van der Waals surface area contributed by atoms with Gasteiger partial charge in [0.1, 0.15) is 11.6 Å². The van der Waals surface area contributed by atoms with Gasteiger partial charge in [0.15, 0.2) is 5.78 Å². The van der Waals surface area contributed by atoms with E-state index in [0.717, 1.165) is 31.5 Å². The number of piperidine rings is 1. The van der Waals surface area contributed by atoms with Gasteiger partial charge in [-0.1, -0.05) is 6.92 Å². The average molecular weight is 281 g/mol. The van der Waals surface area contributed by atoms with Crippen LogP contribution in [0.5, 0.6) is 0 Å². The third-order valence-corrected chi connectivity index (χ3v) is 4.24. The zero-order chi connectivity index (χ0) is 14.9. The standard InChI is InChI=1S/C16H21F2NO/c1-10-4-5-11(2)19(9-10)12(3)16(20)14-7-6-13(17)8-15(14)18/h6-8,10-12H,4-5,9H2,1-3H3. The molecule has 1 fully saturated rings. The molecule has 1 aliphatic heterocycles. The van der Waals surface area contributed by atoms with Crippen LogP contribution < -0.4 is 0 Å². The molecule has 0 spiro atoms. The van der Waals surface area contributed by atoms with Gasteiger partial charge >= 0.3 is 0 Å². The average Bonchev–Trinajstić information content (AvgIpc) is 2.40. The zero-order valence-corrected chi connectivity index (χ0v) is 12.2. The first-order valence-electron chi connectivity index (χ1n) is 7.15. The van der Waals surface area contributed by atoms with Gasteiger partial charge in [-0.05, 0) is 44.7 Å². The van der Waals surface area contributed by atoms with Crippen molar-refractivity contribution in [2.45, 2.75) is 45.7 Å². The molecule has 20 heavy (non-hydrogen) atoms. The van der Waals surface area contributed by atoms with Gasteiger partial charge in [0.05, 0.1) is 11.6 Å². The molecule has 2 nitrogen and oxygen atoms in total. The SMILES string of the molecule is CC1CCC(C)N(C(C)C(=O)c2ccc(F)cc2F)C1. The topological polar surface area (TPSA) is 20.3 Å². The molecule has 1 aromatic rings. The van der Waals surface area contributed by atoms with Gasteiger partial charge in [-0.3, -0.25) is 9.69 Å². The molecule has 2 rings (SSSR count). The van der Waals surface area contributed by atoms with Crippen LogP contribution >= 0.6 is 0 Å². The van der Waals surface area contributed by atoms with E-state index in [1.54, 1.807) is 6.92 Å². The van der Waals surface area contributed by atoms with E-state index in [1.807, 2.05) is 0 Å². The van der Waals surface area contributed by atoms with Crippen LogP contribution in [0.15, 0.2) is 18.2 Å². The summed E-state index contributed by atoms with van der Waals surface area (Å²) in [5.41, 5.74) is -0.0238. The van der Waals surface area contributed by atoms with Crippen LogP contribution in [0, 0.1) is 17.6 Å². The molecular weight excluding hydrogens is 260 g/mol. The maximum absolute atomic E-state index is 13.7. The van der Waals surface area contributed by atoms with Gasteiger partial charge in [0.25, 0.3) is 0 Å². The Hall–Kier alpha value is -1.29. The number of ketones is 1. The smallest absolute Gasteiger partial charge is 0.182 e. The van der Waals surface area contributed by atoms with Crippen molar-refractivity contribution in [1.82, 2.24) is 4.90 Å². The molecule has 4 heteroatoms. The van der Waals surface area contributed by atoms with Crippen molar-refractivity contribution < 1.29 is 13.6 Å². The first kappa shape index (κ1) is 15.1. The second kappa shape index (κ2) is 6.00. The maximum Gasteiger partial charge on any atom is 0.182 e. The number of benzene rings is 1. The predicted molar refractivity (Wildman–Crippen MR) is 74.7 cm³/mol. The van der Waals surface area contributed by atoms with Crippen molar-refractivity contribution in [2.75, 3.05) is 6.54 Å². The Morgan fingerprint density at radius 1 is 1.30 bits per heavy atom. The lowest BCUT2D eigenvalue weighted by Crippen LogP contribution is -2.49. The largest absolute Gasteiger partial charge is 0.292 e. The van der Waals surface area contributed by atoms with E-state index < -0.39 is 11.6 Å². The normalized spacial score (nSPS) is 25.4. The number of likely N-dealkylation sites (tertiary alicyclic amines) is 1. The summed E-state index contributed by atoms with van der Waals surface area (Å²) in [5, 5.41) is 0. The predicted octanol–water partition coefficient (Wildman–Crippen LogP) is 3.66. The highest BCUT2D eigenvalue weighted by atomic mass is 19.1. The molecule has 0 saturated carbocycles. The lowest BCUT2D eigenvalue weighted by Gasteiger charge is -2.40. The Bertz CT molecular complexity index is 503. The molecule has 1 saturated heterocycles. The number of carbonyl (C=O) groups excluding carboxylic acids is 1. The lowest BCUT2D eigenvalue weighted by molar-refractivity contribution is 0.0604. The molecule has 0 bridgehead atoms. The number of rotatable bonds is 3. The maximum atomic E-state index is 13.7. The molecule has 0 N–H and O–H groups in total. The first-order chi connectivity index (χ1) is 9.40. The number of nitrogens with zero attached hydrogens (tertiary/aromatic N) is 1. The molecule has 1 aliphatic rings. The molecule has 3 unspecified atom stereocenters. The molecule has 1 aromatic carbocycles. The van der Waals surface area contributed by atoms with Gasteiger partial charge in [0, 0.05) is 18.7 Å². The van der Waals surface area contributed by atoms with Crippen LogP contribution in [0.2, 0.25) is 0 Å². The van der Waals surface area contributed by atoms with E-state index in [1.165, 1.54) is 6.07 Å². The summed E-state index contributed by atoms with van der Waals surface area (Å²) in [6, 6.07) is 3.07. The number of halogens is 2. The molecule has 1 heterocycles. The van der Waals surface area contributed by atoms with Crippen molar-refractivity contribution >= 4 is 5.78 Å². The summed E-state index contributed by atoms with van der Waals surface area (Å²) >= 11 is 0. The third-order valence-electron chi connectivity index (χ3n) is 4.24. The highest BCUT2D eigenvalue weighted by molar-refractivity contribution is 6.00. The van der Waals surface area contributed by atoms with Crippen molar-refractivity contribution in [2.24, 2.45) is 5.92 Å². The van der Waals surface area contributed by atoms with Crippen molar-refractivity contribution in [3.63, 3.8) is 0 Å². The zero-order valence-electron chi connectivity index (χ0n) is 12.2. The summed E-state index contributed by atoms with van der Waals surface area (Å²) in [5.74, 6) is -1.17. The molecule has 0 amide bonds. The highest BCUT2D eigenvalue weighted by Gasteiger charge is 2.31. The third kappa shape index (κ3) is 3.06. The van der Waals surface area contributed by atoms with Crippen LogP contribution in [0.1, 0.15) is 44.0 Å². The lowest BCUT2D eigenvalue weighted by atomic mass is 9.92. The summed E-state index contributed by atoms with van der Waals surface area (Å²) in [6.07, 6.45) is 2.20. The van der Waals surface area contributed by atoms with Gasteiger partial charge in [-0.25, -0.2) is 8.78 Å². The fraction of sp³-hybridized carbons (Fsp3) is 0.562. The molecule has 3 atom stereocenters. The Labute approximate surface area is 118 Å².